The van der Waals surface area contributed by atoms with Gasteiger partial charge in [-0.05, 0) is 48.8 Å². The zero-order chi connectivity index (χ0) is 17.5. The van der Waals surface area contributed by atoms with E-state index in [2.05, 4.69) is 34.7 Å². The Balaban J connectivity index is 1.31. The molecule has 0 aliphatic heterocycles. The number of carbonyl (C=O) groups excluding carboxylic acids is 1. The van der Waals surface area contributed by atoms with Gasteiger partial charge in [0.15, 0.2) is 0 Å². The number of ether oxygens (including phenoxy) is 1. The second-order valence-corrected chi connectivity index (χ2v) is 6.68. The number of fused-ring (bicyclic) bond motifs is 1. The molecule has 1 aromatic carbocycles. The molecule has 0 fully saturated rings. The normalized spacial score (nSPS) is 16.4. The maximum Gasteiger partial charge on any atom is 0.220 e. The molecule has 1 heterocycles. The van der Waals surface area contributed by atoms with Crippen molar-refractivity contribution in [2.24, 2.45) is 7.05 Å². The summed E-state index contributed by atoms with van der Waals surface area (Å²) >= 11 is 0. The Labute approximate surface area is 149 Å². The summed E-state index contributed by atoms with van der Waals surface area (Å²) in [5.41, 5.74) is 3.86. The van der Waals surface area contributed by atoms with E-state index < -0.39 is 0 Å². The van der Waals surface area contributed by atoms with Gasteiger partial charge in [0.1, 0.15) is 0 Å². The van der Waals surface area contributed by atoms with Crippen LogP contribution in [0.1, 0.15) is 48.5 Å². The molecule has 0 saturated carbocycles. The first-order chi connectivity index (χ1) is 12.2. The van der Waals surface area contributed by atoms with Gasteiger partial charge in [0.25, 0.3) is 0 Å². The van der Waals surface area contributed by atoms with Crippen molar-refractivity contribution in [1.82, 2.24) is 15.1 Å². The maximum atomic E-state index is 11.9. The van der Waals surface area contributed by atoms with Crippen LogP contribution in [-0.2, 0) is 29.4 Å². The minimum Gasteiger partial charge on any atom is -0.373 e. The average molecular weight is 341 g/mol. The number of benzene rings is 1. The highest BCUT2D eigenvalue weighted by molar-refractivity contribution is 5.76. The van der Waals surface area contributed by atoms with Gasteiger partial charge in [-0.3, -0.25) is 9.48 Å². The van der Waals surface area contributed by atoms with E-state index in [9.17, 15) is 4.79 Å². The van der Waals surface area contributed by atoms with Gasteiger partial charge in [0.2, 0.25) is 5.91 Å². The Morgan fingerprint density at radius 1 is 1.40 bits per heavy atom. The van der Waals surface area contributed by atoms with Crippen LogP contribution in [0.3, 0.4) is 0 Å². The third-order valence-corrected chi connectivity index (χ3v) is 4.68. The number of nitrogens with one attached hydrogen (secondary N) is 1. The zero-order valence-electron chi connectivity index (χ0n) is 14.9. The summed E-state index contributed by atoms with van der Waals surface area (Å²) < 4.78 is 7.82. The lowest BCUT2D eigenvalue weighted by Gasteiger charge is -2.25. The number of hydrogen-bond donors (Lipinski definition) is 1. The Morgan fingerprint density at radius 2 is 2.28 bits per heavy atom. The topological polar surface area (TPSA) is 56.2 Å². The van der Waals surface area contributed by atoms with Crippen molar-refractivity contribution >= 4 is 5.91 Å². The number of aryl methyl sites for hydroxylation is 3. The van der Waals surface area contributed by atoms with Gasteiger partial charge in [0, 0.05) is 32.8 Å². The largest absolute Gasteiger partial charge is 0.373 e. The summed E-state index contributed by atoms with van der Waals surface area (Å²) in [4.78, 5) is 11.9. The molecule has 2 aromatic rings. The molecular formula is C20H27N3O2. The van der Waals surface area contributed by atoms with E-state index in [1.807, 2.05) is 19.4 Å². The standard InChI is InChI=1S/C20H27N3O2/c1-23-15-16(14-22-23)10-11-20(24)21-12-5-13-25-19-9-4-7-17-6-2-3-8-18(17)19/h2-3,6,8,14-15,19H,4-5,7,9-13H2,1H3,(H,21,24)/t19-/m1/s1. The molecule has 3 rings (SSSR count). The number of rotatable bonds is 8. The number of amides is 1. The van der Waals surface area contributed by atoms with Crippen molar-refractivity contribution in [2.45, 2.75) is 44.6 Å². The molecule has 0 saturated heterocycles. The molecule has 5 nitrogen and oxygen atoms in total. The molecule has 0 spiro atoms. The third kappa shape index (κ3) is 5.16. The maximum absolute atomic E-state index is 11.9. The van der Waals surface area contributed by atoms with Gasteiger partial charge in [0.05, 0.1) is 12.3 Å². The summed E-state index contributed by atoms with van der Waals surface area (Å²) in [7, 11) is 1.88. The summed E-state index contributed by atoms with van der Waals surface area (Å²) in [6, 6.07) is 8.57. The van der Waals surface area contributed by atoms with Crippen LogP contribution in [0.5, 0.6) is 0 Å². The molecule has 1 aliphatic carbocycles. The highest BCUT2D eigenvalue weighted by atomic mass is 16.5. The predicted octanol–water partition coefficient (Wildman–Crippen LogP) is 2.95. The van der Waals surface area contributed by atoms with Crippen LogP contribution in [0, 0.1) is 0 Å². The number of hydrogen-bond acceptors (Lipinski definition) is 3. The molecule has 1 amide bonds. The molecule has 0 radical (unpaired) electrons. The van der Waals surface area contributed by atoms with Crippen LogP contribution in [-0.4, -0.2) is 28.8 Å². The first-order valence-electron chi connectivity index (χ1n) is 9.16. The first-order valence-corrected chi connectivity index (χ1v) is 9.16. The summed E-state index contributed by atoms with van der Waals surface area (Å²) in [6.45, 7) is 1.35. The predicted molar refractivity (Wildman–Crippen MR) is 97.2 cm³/mol. The molecule has 25 heavy (non-hydrogen) atoms. The van der Waals surface area contributed by atoms with Crippen LogP contribution in [0.15, 0.2) is 36.7 Å². The molecule has 1 atom stereocenters. The van der Waals surface area contributed by atoms with Crippen molar-refractivity contribution in [3.8, 4) is 0 Å². The van der Waals surface area contributed by atoms with E-state index in [0.717, 1.165) is 31.2 Å². The van der Waals surface area contributed by atoms with E-state index >= 15 is 0 Å². The summed E-state index contributed by atoms with van der Waals surface area (Å²) in [5, 5.41) is 7.08. The van der Waals surface area contributed by atoms with Gasteiger partial charge in [-0.2, -0.15) is 5.10 Å². The van der Waals surface area contributed by atoms with E-state index in [4.69, 9.17) is 4.74 Å². The summed E-state index contributed by atoms with van der Waals surface area (Å²) in [5.74, 6) is 0.0897. The molecule has 1 aliphatic rings. The third-order valence-electron chi connectivity index (χ3n) is 4.68. The van der Waals surface area contributed by atoms with Crippen molar-refractivity contribution in [2.75, 3.05) is 13.2 Å². The monoisotopic (exact) mass is 341 g/mol. The van der Waals surface area contributed by atoms with E-state index in [0.29, 0.717) is 19.6 Å². The van der Waals surface area contributed by atoms with Gasteiger partial charge in [-0.25, -0.2) is 0 Å². The molecule has 134 valence electrons. The second-order valence-electron chi connectivity index (χ2n) is 6.68. The Kier molecular flexibility index (Phi) is 6.23. The summed E-state index contributed by atoms with van der Waals surface area (Å²) in [6.07, 6.45) is 9.48. The van der Waals surface area contributed by atoms with Crippen LogP contribution in [0.2, 0.25) is 0 Å². The quantitative estimate of drug-likeness (QED) is 0.751. The first kappa shape index (κ1) is 17.7. The van der Waals surface area contributed by atoms with Crippen LogP contribution >= 0.6 is 0 Å². The molecule has 1 N–H and O–H groups in total. The number of nitrogens with zero attached hydrogens (tertiary/aromatic N) is 2. The fourth-order valence-electron chi connectivity index (χ4n) is 3.36. The number of carbonyl (C=O) groups is 1. The average Bonchev–Trinajstić information content (AvgIpc) is 3.05. The fourth-order valence-corrected chi connectivity index (χ4v) is 3.36. The Hall–Kier alpha value is -2.14. The molecular weight excluding hydrogens is 314 g/mol. The number of aromatic nitrogens is 2. The fraction of sp³-hybridized carbons (Fsp3) is 0.500. The van der Waals surface area contributed by atoms with Crippen molar-refractivity contribution < 1.29 is 9.53 Å². The molecule has 0 unspecified atom stereocenters. The zero-order valence-corrected chi connectivity index (χ0v) is 14.9. The smallest absolute Gasteiger partial charge is 0.220 e. The minimum atomic E-state index is 0.0897. The van der Waals surface area contributed by atoms with Gasteiger partial charge < -0.3 is 10.1 Å². The van der Waals surface area contributed by atoms with E-state index in [1.165, 1.54) is 17.5 Å². The molecule has 0 bridgehead atoms. The van der Waals surface area contributed by atoms with Crippen molar-refractivity contribution in [3.05, 3.63) is 53.3 Å². The van der Waals surface area contributed by atoms with E-state index in [1.54, 1.807) is 4.68 Å². The van der Waals surface area contributed by atoms with Gasteiger partial charge >= 0.3 is 0 Å². The Morgan fingerprint density at radius 3 is 3.12 bits per heavy atom. The van der Waals surface area contributed by atoms with Crippen LogP contribution < -0.4 is 5.32 Å². The minimum absolute atomic E-state index is 0.0897. The highest BCUT2D eigenvalue weighted by Gasteiger charge is 2.19. The van der Waals surface area contributed by atoms with Gasteiger partial charge in [-0.1, -0.05) is 24.3 Å². The van der Waals surface area contributed by atoms with Crippen LogP contribution in [0.4, 0.5) is 0 Å². The lowest BCUT2D eigenvalue weighted by molar-refractivity contribution is -0.121. The molecule has 5 heteroatoms. The van der Waals surface area contributed by atoms with Gasteiger partial charge in [-0.15, -0.1) is 0 Å². The highest BCUT2D eigenvalue weighted by Crippen LogP contribution is 2.32. The van der Waals surface area contributed by atoms with Crippen molar-refractivity contribution in [1.29, 1.82) is 0 Å². The SMILES string of the molecule is Cn1cc(CCC(=O)NCCCO[C@@H]2CCCc3ccccc32)cn1. The van der Waals surface area contributed by atoms with E-state index in [-0.39, 0.29) is 12.0 Å². The van der Waals surface area contributed by atoms with Crippen molar-refractivity contribution in [3.63, 3.8) is 0 Å². The van der Waals surface area contributed by atoms with Crippen LogP contribution in [0.25, 0.3) is 0 Å². The second kappa shape index (κ2) is 8.81. The lowest BCUT2D eigenvalue weighted by Crippen LogP contribution is -2.25. The lowest BCUT2D eigenvalue weighted by atomic mass is 9.89. The molecule has 1 aromatic heterocycles. The Bertz CT molecular complexity index is 696.